The SMILES string of the molecule is COc1ccc2c(c1)CCN(C(=O)c1cccc(N(C)C)c1)C2. The van der Waals surface area contributed by atoms with Gasteiger partial charge in [-0.25, -0.2) is 0 Å². The minimum Gasteiger partial charge on any atom is -0.497 e. The van der Waals surface area contributed by atoms with Gasteiger partial charge in [-0.3, -0.25) is 4.79 Å². The van der Waals surface area contributed by atoms with E-state index < -0.39 is 0 Å². The molecule has 0 fully saturated rings. The second-order valence-corrected chi connectivity index (χ2v) is 6.06. The number of nitrogens with zero attached hydrogens (tertiary/aromatic N) is 2. The number of fused-ring (bicyclic) bond motifs is 1. The van der Waals surface area contributed by atoms with Crippen LogP contribution in [0.1, 0.15) is 21.5 Å². The zero-order chi connectivity index (χ0) is 16.4. The number of anilines is 1. The van der Waals surface area contributed by atoms with Crippen molar-refractivity contribution in [2.75, 3.05) is 32.6 Å². The number of amides is 1. The molecule has 120 valence electrons. The number of carbonyl (C=O) groups excluding carboxylic acids is 1. The van der Waals surface area contributed by atoms with E-state index in [9.17, 15) is 4.79 Å². The average Bonchev–Trinajstić information content (AvgIpc) is 2.60. The highest BCUT2D eigenvalue weighted by Crippen LogP contribution is 2.25. The molecule has 0 aliphatic carbocycles. The normalized spacial score (nSPS) is 13.4. The van der Waals surface area contributed by atoms with Gasteiger partial charge < -0.3 is 14.5 Å². The molecular weight excluding hydrogens is 288 g/mol. The Morgan fingerprint density at radius 1 is 1.13 bits per heavy atom. The first-order valence-electron chi connectivity index (χ1n) is 7.81. The van der Waals surface area contributed by atoms with E-state index in [1.165, 1.54) is 11.1 Å². The first-order valence-corrected chi connectivity index (χ1v) is 7.81. The Balaban J connectivity index is 1.80. The minimum atomic E-state index is 0.0927. The van der Waals surface area contributed by atoms with Crippen LogP contribution in [0.2, 0.25) is 0 Å². The maximum Gasteiger partial charge on any atom is 0.254 e. The Morgan fingerprint density at radius 2 is 1.96 bits per heavy atom. The van der Waals surface area contributed by atoms with Crippen molar-refractivity contribution < 1.29 is 9.53 Å². The predicted molar refractivity (Wildman–Crippen MR) is 92.2 cm³/mol. The first kappa shape index (κ1) is 15.4. The van der Waals surface area contributed by atoms with Crippen molar-refractivity contribution in [1.29, 1.82) is 0 Å². The van der Waals surface area contributed by atoms with Gasteiger partial charge in [-0.15, -0.1) is 0 Å². The molecule has 0 saturated heterocycles. The molecule has 1 aliphatic rings. The molecule has 0 radical (unpaired) electrons. The van der Waals surface area contributed by atoms with Crippen LogP contribution in [0.5, 0.6) is 5.75 Å². The van der Waals surface area contributed by atoms with Crippen LogP contribution >= 0.6 is 0 Å². The molecule has 0 N–H and O–H groups in total. The van der Waals surface area contributed by atoms with Crippen LogP contribution in [0.25, 0.3) is 0 Å². The molecule has 0 bridgehead atoms. The molecule has 0 atom stereocenters. The van der Waals surface area contributed by atoms with Crippen LogP contribution in [0.4, 0.5) is 5.69 Å². The summed E-state index contributed by atoms with van der Waals surface area (Å²) in [7, 11) is 5.64. The summed E-state index contributed by atoms with van der Waals surface area (Å²) in [5.74, 6) is 0.970. The third kappa shape index (κ3) is 3.16. The van der Waals surface area contributed by atoms with E-state index >= 15 is 0 Å². The number of carbonyl (C=O) groups is 1. The molecule has 0 unspecified atom stereocenters. The molecule has 2 aromatic carbocycles. The van der Waals surface area contributed by atoms with Gasteiger partial charge in [-0.1, -0.05) is 12.1 Å². The molecule has 0 spiro atoms. The van der Waals surface area contributed by atoms with Crippen LogP contribution in [0.3, 0.4) is 0 Å². The van der Waals surface area contributed by atoms with Crippen LogP contribution in [0, 0.1) is 0 Å². The molecule has 0 aromatic heterocycles. The molecule has 1 aliphatic heterocycles. The van der Waals surface area contributed by atoms with Crippen LogP contribution in [-0.4, -0.2) is 38.6 Å². The highest BCUT2D eigenvalue weighted by molar-refractivity contribution is 5.95. The predicted octanol–water partition coefficient (Wildman–Crippen LogP) is 2.96. The fraction of sp³-hybridized carbons (Fsp3) is 0.316. The zero-order valence-corrected chi connectivity index (χ0v) is 13.9. The van der Waals surface area contributed by atoms with E-state index in [0.717, 1.165) is 30.0 Å². The van der Waals surface area contributed by atoms with Crippen molar-refractivity contribution in [2.24, 2.45) is 0 Å². The summed E-state index contributed by atoms with van der Waals surface area (Å²) in [6, 6.07) is 13.9. The van der Waals surface area contributed by atoms with Gasteiger partial charge in [-0.2, -0.15) is 0 Å². The molecule has 1 amide bonds. The standard InChI is InChI=1S/C19H22N2O2/c1-20(2)17-6-4-5-15(11-17)19(22)21-10-9-14-12-18(23-3)8-7-16(14)13-21/h4-8,11-12H,9-10,13H2,1-3H3. The van der Waals surface area contributed by atoms with Crippen molar-refractivity contribution in [1.82, 2.24) is 4.90 Å². The van der Waals surface area contributed by atoms with E-state index in [1.807, 2.05) is 54.2 Å². The van der Waals surface area contributed by atoms with Crippen LogP contribution in [-0.2, 0) is 13.0 Å². The van der Waals surface area contributed by atoms with E-state index in [4.69, 9.17) is 4.74 Å². The lowest BCUT2D eigenvalue weighted by Crippen LogP contribution is -2.36. The van der Waals surface area contributed by atoms with Crippen molar-refractivity contribution >= 4 is 11.6 Å². The molecule has 0 saturated carbocycles. The Kier molecular flexibility index (Phi) is 4.24. The highest BCUT2D eigenvalue weighted by Gasteiger charge is 2.22. The second-order valence-electron chi connectivity index (χ2n) is 6.06. The van der Waals surface area contributed by atoms with Gasteiger partial charge in [0.25, 0.3) is 5.91 Å². The van der Waals surface area contributed by atoms with Gasteiger partial charge in [0.15, 0.2) is 0 Å². The summed E-state index contributed by atoms with van der Waals surface area (Å²) in [5, 5.41) is 0. The van der Waals surface area contributed by atoms with E-state index in [0.29, 0.717) is 6.54 Å². The fourth-order valence-electron chi connectivity index (χ4n) is 2.93. The average molecular weight is 310 g/mol. The number of methoxy groups -OCH3 is 1. The lowest BCUT2D eigenvalue weighted by molar-refractivity contribution is 0.0734. The van der Waals surface area contributed by atoms with Crippen LogP contribution < -0.4 is 9.64 Å². The van der Waals surface area contributed by atoms with E-state index in [-0.39, 0.29) is 5.91 Å². The van der Waals surface area contributed by atoms with Gasteiger partial charge in [0.1, 0.15) is 5.75 Å². The zero-order valence-electron chi connectivity index (χ0n) is 13.9. The maximum absolute atomic E-state index is 12.8. The first-order chi connectivity index (χ1) is 11.1. The molecule has 23 heavy (non-hydrogen) atoms. The lowest BCUT2D eigenvalue weighted by atomic mass is 9.98. The van der Waals surface area contributed by atoms with E-state index in [2.05, 4.69) is 12.1 Å². The Hall–Kier alpha value is -2.49. The largest absolute Gasteiger partial charge is 0.497 e. The number of ether oxygens (including phenoxy) is 1. The quantitative estimate of drug-likeness (QED) is 0.874. The third-order valence-corrected chi connectivity index (χ3v) is 4.32. The Morgan fingerprint density at radius 3 is 2.70 bits per heavy atom. The number of hydrogen-bond acceptors (Lipinski definition) is 3. The Labute approximate surface area is 137 Å². The topological polar surface area (TPSA) is 32.8 Å². The highest BCUT2D eigenvalue weighted by atomic mass is 16.5. The van der Waals surface area contributed by atoms with Gasteiger partial charge in [0.2, 0.25) is 0 Å². The van der Waals surface area contributed by atoms with Crippen molar-refractivity contribution in [2.45, 2.75) is 13.0 Å². The molecule has 2 aromatic rings. The lowest BCUT2D eigenvalue weighted by Gasteiger charge is -2.29. The molecule has 3 rings (SSSR count). The third-order valence-electron chi connectivity index (χ3n) is 4.32. The van der Waals surface area contributed by atoms with E-state index in [1.54, 1.807) is 7.11 Å². The number of benzene rings is 2. The summed E-state index contributed by atoms with van der Waals surface area (Å²) >= 11 is 0. The number of hydrogen-bond donors (Lipinski definition) is 0. The molecule has 1 heterocycles. The van der Waals surface area contributed by atoms with Gasteiger partial charge >= 0.3 is 0 Å². The van der Waals surface area contributed by atoms with Crippen molar-refractivity contribution in [3.05, 3.63) is 59.2 Å². The second kappa shape index (κ2) is 6.32. The molecule has 4 heteroatoms. The fourth-order valence-corrected chi connectivity index (χ4v) is 2.93. The Bertz CT molecular complexity index is 725. The monoisotopic (exact) mass is 310 g/mol. The van der Waals surface area contributed by atoms with Crippen LogP contribution in [0.15, 0.2) is 42.5 Å². The van der Waals surface area contributed by atoms with Gasteiger partial charge in [0, 0.05) is 38.4 Å². The summed E-state index contributed by atoms with van der Waals surface area (Å²) in [6.07, 6.45) is 0.867. The van der Waals surface area contributed by atoms with Gasteiger partial charge in [-0.05, 0) is 47.9 Å². The van der Waals surface area contributed by atoms with Crippen molar-refractivity contribution in [3.63, 3.8) is 0 Å². The maximum atomic E-state index is 12.8. The smallest absolute Gasteiger partial charge is 0.254 e. The summed E-state index contributed by atoms with van der Waals surface area (Å²) in [6.45, 7) is 1.40. The number of rotatable bonds is 3. The molecule has 4 nitrogen and oxygen atoms in total. The summed E-state index contributed by atoms with van der Waals surface area (Å²) in [5.41, 5.74) is 4.26. The van der Waals surface area contributed by atoms with Crippen molar-refractivity contribution in [3.8, 4) is 5.75 Å². The summed E-state index contributed by atoms with van der Waals surface area (Å²) < 4.78 is 5.27. The summed E-state index contributed by atoms with van der Waals surface area (Å²) in [4.78, 5) is 16.7. The minimum absolute atomic E-state index is 0.0927. The van der Waals surface area contributed by atoms with Gasteiger partial charge in [0.05, 0.1) is 7.11 Å². The molecular formula is C19H22N2O2.